The lowest BCUT2D eigenvalue weighted by Gasteiger charge is -2.38. The molecule has 0 spiro atoms. The Bertz CT molecular complexity index is 1540. The predicted octanol–water partition coefficient (Wildman–Crippen LogP) is 5.43. The minimum Gasteiger partial charge on any atom is -0.381 e. The lowest BCUT2D eigenvalue weighted by atomic mass is 9.86. The summed E-state index contributed by atoms with van der Waals surface area (Å²) in [7, 11) is 1.74. The average molecular weight is 554 g/mol. The Morgan fingerprint density at radius 3 is 2.51 bits per heavy atom. The molecule has 2 aromatic heterocycles. The summed E-state index contributed by atoms with van der Waals surface area (Å²) in [6.45, 7) is 3.68. The van der Waals surface area contributed by atoms with Gasteiger partial charge in [-0.25, -0.2) is 4.98 Å². The van der Waals surface area contributed by atoms with Gasteiger partial charge in [-0.1, -0.05) is 48.9 Å². The minimum absolute atomic E-state index is 0.0657. The topological polar surface area (TPSA) is 93.2 Å². The molecule has 9 nitrogen and oxygen atoms in total. The molecule has 2 atom stereocenters. The molecule has 1 aliphatic heterocycles. The zero-order valence-corrected chi connectivity index (χ0v) is 23.3. The first-order valence-corrected chi connectivity index (χ1v) is 14.4. The van der Waals surface area contributed by atoms with Crippen molar-refractivity contribution in [2.75, 3.05) is 33.3 Å². The molecule has 212 valence electrons. The van der Waals surface area contributed by atoms with E-state index in [0.717, 1.165) is 72.5 Å². The molecule has 1 saturated heterocycles. The Balaban J connectivity index is 1.26. The largest absolute Gasteiger partial charge is 0.381 e. The molecule has 4 aromatic rings. The number of carbonyl (C=O) groups is 1. The number of aromatic nitrogens is 2. The van der Waals surface area contributed by atoms with E-state index in [-0.39, 0.29) is 28.5 Å². The molecule has 9 heteroatoms. The van der Waals surface area contributed by atoms with Gasteiger partial charge in [-0.05, 0) is 42.5 Å². The van der Waals surface area contributed by atoms with Gasteiger partial charge in [0.15, 0.2) is 0 Å². The van der Waals surface area contributed by atoms with E-state index in [9.17, 15) is 14.9 Å². The van der Waals surface area contributed by atoms with Crippen molar-refractivity contribution < 1.29 is 14.5 Å². The van der Waals surface area contributed by atoms with Crippen molar-refractivity contribution >= 4 is 17.2 Å². The number of methoxy groups -OCH3 is 1. The number of imidazole rings is 1. The highest BCUT2D eigenvalue weighted by molar-refractivity contribution is 5.79. The van der Waals surface area contributed by atoms with E-state index in [2.05, 4.69) is 21.4 Å². The van der Waals surface area contributed by atoms with Crippen LogP contribution in [0.1, 0.15) is 31.4 Å². The van der Waals surface area contributed by atoms with Crippen LogP contribution < -0.4 is 0 Å². The van der Waals surface area contributed by atoms with Gasteiger partial charge in [0.25, 0.3) is 5.69 Å². The molecule has 1 saturated carbocycles. The summed E-state index contributed by atoms with van der Waals surface area (Å²) in [6.07, 6.45) is 6.08. The van der Waals surface area contributed by atoms with Gasteiger partial charge >= 0.3 is 0 Å². The van der Waals surface area contributed by atoms with E-state index in [4.69, 9.17) is 9.72 Å². The van der Waals surface area contributed by atoms with E-state index >= 15 is 0 Å². The van der Waals surface area contributed by atoms with Crippen molar-refractivity contribution in [3.63, 3.8) is 0 Å². The quantitative estimate of drug-likeness (QED) is 0.224. The highest BCUT2D eigenvalue weighted by Crippen LogP contribution is 2.31. The number of rotatable bonds is 7. The van der Waals surface area contributed by atoms with Crippen LogP contribution in [0.15, 0.2) is 72.9 Å². The summed E-state index contributed by atoms with van der Waals surface area (Å²) < 4.78 is 7.67. The number of piperazine rings is 1. The number of nitrogens with zero attached hydrogens (tertiary/aromatic N) is 5. The standard InChI is InChI=1S/C32H35N5O4/c1-41-28-12-6-10-25(20-28)32(38)35-17-15-34(16-18-35)22-29-31(23-7-3-2-4-8-23)33-30-14-13-26(21-36(29)30)24-9-5-11-27(19-24)37(39)40/h2-5,7-9,11,13-14,19,21,25,28H,6,10,12,15-18,20,22H2,1H3/t25-,28-/m0/s1. The molecule has 6 rings (SSSR count). The molecular weight excluding hydrogens is 518 g/mol. The van der Waals surface area contributed by atoms with Crippen molar-refractivity contribution in [3.05, 3.63) is 88.7 Å². The third-order valence-electron chi connectivity index (χ3n) is 8.52. The van der Waals surface area contributed by atoms with Crippen molar-refractivity contribution in [1.82, 2.24) is 19.2 Å². The summed E-state index contributed by atoms with van der Waals surface area (Å²) in [6, 6.07) is 20.8. The highest BCUT2D eigenvalue weighted by atomic mass is 16.6. The molecule has 0 radical (unpaired) electrons. The van der Waals surface area contributed by atoms with Gasteiger partial charge in [0.05, 0.1) is 22.4 Å². The number of hydrogen-bond donors (Lipinski definition) is 0. The molecule has 0 bridgehead atoms. The maximum absolute atomic E-state index is 13.3. The van der Waals surface area contributed by atoms with Gasteiger partial charge in [0.2, 0.25) is 5.91 Å². The first-order valence-electron chi connectivity index (χ1n) is 14.4. The number of nitro benzene ring substituents is 1. The molecular formula is C32H35N5O4. The van der Waals surface area contributed by atoms with Crippen molar-refractivity contribution in [3.8, 4) is 22.4 Å². The number of nitro groups is 1. The van der Waals surface area contributed by atoms with E-state index < -0.39 is 0 Å². The molecule has 2 aliphatic rings. The van der Waals surface area contributed by atoms with Crippen molar-refractivity contribution in [1.29, 1.82) is 0 Å². The fraction of sp³-hybridized carbons (Fsp3) is 0.375. The Hall–Kier alpha value is -4.08. The molecule has 1 amide bonds. The second kappa shape index (κ2) is 11.8. The van der Waals surface area contributed by atoms with Gasteiger partial charge < -0.3 is 14.0 Å². The molecule has 3 heterocycles. The summed E-state index contributed by atoms with van der Waals surface area (Å²) in [5.41, 5.74) is 5.59. The Morgan fingerprint density at radius 1 is 0.976 bits per heavy atom. The lowest BCUT2D eigenvalue weighted by Crippen LogP contribution is -2.50. The highest BCUT2D eigenvalue weighted by Gasteiger charge is 2.32. The molecule has 0 unspecified atom stereocenters. The predicted molar refractivity (Wildman–Crippen MR) is 157 cm³/mol. The smallest absolute Gasteiger partial charge is 0.270 e. The zero-order valence-electron chi connectivity index (χ0n) is 23.3. The number of carbonyl (C=O) groups excluding carboxylic acids is 1. The zero-order chi connectivity index (χ0) is 28.3. The normalized spacial score (nSPS) is 19.9. The number of amides is 1. The van der Waals surface area contributed by atoms with Crippen LogP contribution in [0.25, 0.3) is 28.0 Å². The van der Waals surface area contributed by atoms with Crippen molar-refractivity contribution in [2.45, 2.75) is 38.3 Å². The number of non-ortho nitro benzene ring substituents is 1. The minimum atomic E-state index is -0.368. The molecule has 2 aromatic carbocycles. The first-order chi connectivity index (χ1) is 20.0. The van der Waals surface area contributed by atoms with Gasteiger partial charge in [-0.2, -0.15) is 0 Å². The first kappa shape index (κ1) is 27.1. The van der Waals surface area contributed by atoms with E-state index in [1.807, 2.05) is 47.5 Å². The number of pyridine rings is 1. The van der Waals surface area contributed by atoms with E-state index in [1.54, 1.807) is 19.2 Å². The van der Waals surface area contributed by atoms with Crippen LogP contribution in [0.3, 0.4) is 0 Å². The number of fused-ring (bicyclic) bond motifs is 1. The van der Waals surface area contributed by atoms with Gasteiger partial charge in [-0.15, -0.1) is 0 Å². The average Bonchev–Trinajstić information content (AvgIpc) is 3.39. The van der Waals surface area contributed by atoms with Crippen LogP contribution in [0.5, 0.6) is 0 Å². The maximum atomic E-state index is 13.3. The lowest BCUT2D eigenvalue weighted by molar-refractivity contribution is -0.384. The number of ether oxygens (including phenoxy) is 1. The Kier molecular flexibility index (Phi) is 7.80. The molecule has 1 aliphatic carbocycles. The van der Waals surface area contributed by atoms with Gasteiger partial charge in [0, 0.05) is 69.6 Å². The van der Waals surface area contributed by atoms with Crippen LogP contribution in [0.2, 0.25) is 0 Å². The summed E-state index contributed by atoms with van der Waals surface area (Å²) in [5.74, 6) is 0.337. The molecule has 2 fully saturated rings. The van der Waals surface area contributed by atoms with Crippen LogP contribution in [-0.4, -0.2) is 69.4 Å². The second-order valence-electron chi connectivity index (χ2n) is 11.0. The Labute approximate surface area is 239 Å². The SMILES string of the molecule is CO[C@H]1CCC[C@H](C(=O)N2CCN(Cc3c(-c4ccccc4)nc4ccc(-c5cccc([N+](=O)[O-])c5)cn34)CC2)C1. The third kappa shape index (κ3) is 5.73. The molecule has 41 heavy (non-hydrogen) atoms. The van der Waals surface area contributed by atoms with E-state index in [0.29, 0.717) is 19.6 Å². The van der Waals surface area contributed by atoms with Crippen molar-refractivity contribution in [2.24, 2.45) is 5.92 Å². The summed E-state index contributed by atoms with van der Waals surface area (Å²) in [5, 5.41) is 11.4. The van der Waals surface area contributed by atoms with Crippen LogP contribution in [0.4, 0.5) is 5.69 Å². The maximum Gasteiger partial charge on any atom is 0.270 e. The Morgan fingerprint density at radius 2 is 1.76 bits per heavy atom. The fourth-order valence-corrected chi connectivity index (χ4v) is 6.22. The van der Waals surface area contributed by atoms with Gasteiger partial charge in [0.1, 0.15) is 5.65 Å². The van der Waals surface area contributed by atoms with E-state index in [1.165, 1.54) is 6.07 Å². The van der Waals surface area contributed by atoms with Crippen LogP contribution in [-0.2, 0) is 16.1 Å². The summed E-state index contributed by atoms with van der Waals surface area (Å²) in [4.78, 5) is 33.7. The molecule has 0 N–H and O–H groups in total. The fourth-order valence-electron chi connectivity index (χ4n) is 6.22. The third-order valence-corrected chi connectivity index (χ3v) is 8.52. The number of benzene rings is 2. The summed E-state index contributed by atoms with van der Waals surface area (Å²) >= 11 is 0. The van der Waals surface area contributed by atoms with Crippen LogP contribution in [0, 0.1) is 16.0 Å². The monoisotopic (exact) mass is 553 g/mol. The number of hydrogen-bond acceptors (Lipinski definition) is 6. The van der Waals surface area contributed by atoms with Gasteiger partial charge in [-0.3, -0.25) is 19.8 Å². The van der Waals surface area contributed by atoms with Crippen LogP contribution >= 0.6 is 0 Å². The second-order valence-corrected chi connectivity index (χ2v) is 11.0.